The Morgan fingerprint density at radius 2 is 2.04 bits per heavy atom. The van der Waals surface area contributed by atoms with Gasteiger partial charge in [-0.15, -0.1) is 0 Å². The third kappa shape index (κ3) is 4.76. The molecular weight excluding hydrogens is 358 g/mol. The summed E-state index contributed by atoms with van der Waals surface area (Å²) in [5.41, 5.74) is 0.397. The van der Waals surface area contributed by atoms with E-state index >= 15 is 0 Å². The van der Waals surface area contributed by atoms with Gasteiger partial charge in [-0.3, -0.25) is 8.98 Å². The number of carboxylic acid groups (broad SMARTS) is 1. The van der Waals surface area contributed by atoms with E-state index in [1.807, 2.05) is 0 Å². The Morgan fingerprint density at radius 1 is 1.33 bits per heavy atom. The molecule has 0 bridgehead atoms. The fourth-order valence-corrected chi connectivity index (χ4v) is 4.43. The van der Waals surface area contributed by atoms with Crippen LogP contribution in [-0.2, 0) is 35.7 Å². The molecule has 0 aromatic heterocycles. The molecule has 0 unspecified atom stereocenters. The van der Waals surface area contributed by atoms with Gasteiger partial charge in [0.1, 0.15) is 0 Å². The van der Waals surface area contributed by atoms with Gasteiger partial charge in [0.2, 0.25) is 10.0 Å². The fraction of sp³-hybridized carbons (Fsp3) is 0.500. The zero-order valence-corrected chi connectivity index (χ0v) is 14.7. The first-order valence-corrected chi connectivity index (χ1v) is 10.5. The highest BCUT2D eigenvalue weighted by Crippen LogP contribution is 2.24. The number of hydrogen-bond donors (Lipinski definition) is 1. The molecule has 0 aliphatic carbocycles. The number of piperidine rings is 1. The van der Waals surface area contributed by atoms with Gasteiger partial charge >= 0.3 is 5.97 Å². The van der Waals surface area contributed by atoms with Crippen molar-refractivity contribution in [1.82, 2.24) is 4.31 Å². The number of sulfonamides is 1. The minimum atomic E-state index is -3.84. The summed E-state index contributed by atoms with van der Waals surface area (Å²) in [6.07, 6.45) is 1.84. The molecule has 1 N–H and O–H groups in total. The third-order valence-corrected chi connectivity index (χ3v) is 6.12. The number of rotatable bonds is 6. The first-order valence-electron chi connectivity index (χ1n) is 7.26. The molecular formula is C14H19NO7S2. The maximum absolute atomic E-state index is 12.7. The molecule has 0 saturated carbocycles. The number of benzene rings is 1. The van der Waals surface area contributed by atoms with Gasteiger partial charge in [0, 0.05) is 13.1 Å². The van der Waals surface area contributed by atoms with E-state index in [1.165, 1.54) is 18.2 Å². The summed E-state index contributed by atoms with van der Waals surface area (Å²) >= 11 is 0. The average molecular weight is 377 g/mol. The van der Waals surface area contributed by atoms with E-state index in [1.54, 1.807) is 6.07 Å². The number of nitrogens with zero attached hydrogens (tertiary/aromatic N) is 1. The van der Waals surface area contributed by atoms with Crippen molar-refractivity contribution < 1.29 is 30.9 Å². The monoisotopic (exact) mass is 377 g/mol. The molecule has 0 radical (unpaired) electrons. The highest BCUT2D eigenvalue weighted by Gasteiger charge is 2.33. The van der Waals surface area contributed by atoms with Gasteiger partial charge in [0.15, 0.2) is 0 Å². The minimum absolute atomic E-state index is 0.0110. The van der Waals surface area contributed by atoms with Gasteiger partial charge in [-0.05, 0) is 30.5 Å². The first kappa shape index (κ1) is 18.8. The standard InChI is InChI=1S/C14H19NO7S2/c1-23(18,19)22-10-11-4-2-6-13(8-11)24(20,21)15-7-3-5-12(9-15)14(16)17/h2,4,6,8,12H,3,5,7,9-10H2,1H3,(H,16,17)/t12-/m0/s1. The number of hydrogen-bond acceptors (Lipinski definition) is 6. The van der Waals surface area contributed by atoms with Crippen molar-refractivity contribution >= 4 is 26.1 Å². The maximum Gasteiger partial charge on any atom is 0.307 e. The molecule has 1 aliphatic rings. The Bertz CT molecular complexity index is 817. The van der Waals surface area contributed by atoms with Crippen molar-refractivity contribution in [3.05, 3.63) is 29.8 Å². The lowest BCUT2D eigenvalue weighted by Gasteiger charge is -2.29. The summed E-state index contributed by atoms with van der Waals surface area (Å²) in [4.78, 5) is 11.1. The summed E-state index contributed by atoms with van der Waals surface area (Å²) in [5, 5.41) is 9.09. The molecule has 1 aliphatic heterocycles. The van der Waals surface area contributed by atoms with E-state index < -0.39 is 32.0 Å². The summed E-state index contributed by atoms with van der Waals surface area (Å²) in [7, 11) is -7.47. The molecule has 134 valence electrons. The van der Waals surface area contributed by atoms with E-state index in [2.05, 4.69) is 4.18 Å². The van der Waals surface area contributed by atoms with E-state index in [0.717, 1.165) is 10.6 Å². The molecule has 1 fully saturated rings. The smallest absolute Gasteiger partial charge is 0.307 e. The lowest BCUT2D eigenvalue weighted by Crippen LogP contribution is -2.42. The van der Waals surface area contributed by atoms with Crippen molar-refractivity contribution in [2.24, 2.45) is 5.92 Å². The lowest BCUT2D eigenvalue weighted by atomic mass is 10.0. The Hall–Kier alpha value is -1.49. The van der Waals surface area contributed by atoms with Crippen molar-refractivity contribution in [3.63, 3.8) is 0 Å². The number of aliphatic carboxylic acids is 1. The Kier molecular flexibility index (Phi) is 5.63. The average Bonchev–Trinajstić information content (AvgIpc) is 2.52. The zero-order chi connectivity index (χ0) is 18.0. The van der Waals surface area contributed by atoms with Crippen LogP contribution in [0, 0.1) is 5.92 Å². The van der Waals surface area contributed by atoms with Gasteiger partial charge in [0.05, 0.1) is 23.7 Å². The third-order valence-electron chi connectivity index (χ3n) is 3.71. The Balaban J connectivity index is 2.21. The second-order valence-corrected chi connectivity index (χ2v) is 9.24. The number of carboxylic acids is 1. The normalized spacial score (nSPS) is 20.0. The van der Waals surface area contributed by atoms with Crippen LogP contribution < -0.4 is 0 Å². The van der Waals surface area contributed by atoms with Crippen molar-refractivity contribution in [1.29, 1.82) is 0 Å². The Labute approximate surface area is 141 Å². The zero-order valence-electron chi connectivity index (χ0n) is 13.1. The van der Waals surface area contributed by atoms with Crippen LogP contribution in [0.1, 0.15) is 18.4 Å². The van der Waals surface area contributed by atoms with Gasteiger partial charge in [-0.2, -0.15) is 12.7 Å². The fourth-order valence-electron chi connectivity index (χ4n) is 2.48. The molecule has 1 aromatic carbocycles. The topological polar surface area (TPSA) is 118 Å². The molecule has 24 heavy (non-hydrogen) atoms. The Morgan fingerprint density at radius 3 is 2.67 bits per heavy atom. The molecule has 10 heteroatoms. The molecule has 0 amide bonds. The second kappa shape index (κ2) is 7.18. The summed E-state index contributed by atoms with van der Waals surface area (Å²) in [5.74, 6) is -1.73. The van der Waals surface area contributed by atoms with E-state index in [0.29, 0.717) is 18.4 Å². The van der Waals surface area contributed by atoms with Crippen LogP contribution in [-0.4, -0.2) is 51.6 Å². The van der Waals surface area contributed by atoms with Crippen LogP contribution >= 0.6 is 0 Å². The van der Waals surface area contributed by atoms with Gasteiger partial charge in [0.25, 0.3) is 10.1 Å². The predicted octanol–water partition coefficient (Wildman–Crippen LogP) is 0.648. The minimum Gasteiger partial charge on any atom is -0.481 e. The quantitative estimate of drug-likeness (QED) is 0.723. The molecule has 1 saturated heterocycles. The highest BCUT2D eigenvalue weighted by molar-refractivity contribution is 7.89. The van der Waals surface area contributed by atoms with Crippen LogP contribution in [0.4, 0.5) is 0 Å². The van der Waals surface area contributed by atoms with Gasteiger partial charge < -0.3 is 5.11 Å². The van der Waals surface area contributed by atoms with Gasteiger partial charge in [-0.25, -0.2) is 8.42 Å². The van der Waals surface area contributed by atoms with E-state index in [9.17, 15) is 21.6 Å². The van der Waals surface area contributed by atoms with Crippen molar-refractivity contribution in [2.75, 3.05) is 19.3 Å². The molecule has 1 atom stereocenters. The van der Waals surface area contributed by atoms with Gasteiger partial charge in [-0.1, -0.05) is 12.1 Å². The van der Waals surface area contributed by atoms with Crippen LogP contribution in [0.3, 0.4) is 0 Å². The van der Waals surface area contributed by atoms with Crippen LogP contribution in [0.2, 0.25) is 0 Å². The highest BCUT2D eigenvalue weighted by atomic mass is 32.2. The largest absolute Gasteiger partial charge is 0.481 e. The molecule has 2 rings (SSSR count). The first-order chi connectivity index (χ1) is 11.1. The number of carbonyl (C=O) groups is 1. The molecule has 0 spiro atoms. The summed E-state index contributed by atoms with van der Waals surface area (Å²) < 4.78 is 53.2. The lowest BCUT2D eigenvalue weighted by molar-refractivity contribution is -0.142. The van der Waals surface area contributed by atoms with E-state index in [4.69, 9.17) is 5.11 Å². The van der Waals surface area contributed by atoms with Crippen LogP contribution in [0.5, 0.6) is 0 Å². The predicted molar refractivity (Wildman–Crippen MR) is 85.2 cm³/mol. The second-order valence-electron chi connectivity index (χ2n) is 5.65. The molecule has 1 aromatic rings. The maximum atomic E-state index is 12.7. The summed E-state index contributed by atoms with van der Waals surface area (Å²) in [6, 6.07) is 5.78. The van der Waals surface area contributed by atoms with Crippen LogP contribution in [0.25, 0.3) is 0 Å². The van der Waals surface area contributed by atoms with Crippen molar-refractivity contribution in [3.8, 4) is 0 Å². The van der Waals surface area contributed by atoms with E-state index in [-0.39, 0.29) is 24.6 Å². The SMILES string of the molecule is CS(=O)(=O)OCc1cccc(S(=O)(=O)N2CCC[C@H](C(=O)O)C2)c1. The van der Waals surface area contributed by atoms with Crippen molar-refractivity contribution in [2.45, 2.75) is 24.3 Å². The molecule has 8 nitrogen and oxygen atoms in total. The summed E-state index contributed by atoms with van der Waals surface area (Å²) in [6.45, 7) is -0.0716. The van der Waals surface area contributed by atoms with Crippen LogP contribution in [0.15, 0.2) is 29.2 Å². The molecule has 1 heterocycles.